The molecule has 0 aliphatic rings. The molecule has 6 aromatic rings. The third-order valence-corrected chi connectivity index (χ3v) is 12.2. The molecule has 16 nitrogen and oxygen atoms in total. The molecule has 0 atom stereocenters. The van der Waals surface area contributed by atoms with Crippen LogP contribution in [0.25, 0.3) is 0 Å². The number of benzene rings is 4. The predicted molar refractivity (Wildman–Crippen MR) is 231 cm³/mol. The van der Waals surface area contributed by atoms with Crippen molar-refractivity contribution in [3.63, 3.8) is 0 Å². The minimum absolute atomic E-state index is 0. The predicted octanol–water partition coefficient (Wildman–Crippen LogP) is 4.42. The first-order valence-corrected chi connectivity index (χ1v) is 22.7. The van der Waals surface area contributed by atoms with Crippen molar-refractivity contribution in [2.45, 2.75) is 22.9 Å². The Bertz CT molecular complexity index is 2710. The number of nitrogens with one attached hydrogen (secondary N) is 1. The molecule has 0 saturated heterocycles. The molecule has 0 aliphatic heterocycles. The van der Waals surface area contributed by atoms with E-state index in [9.17, 15) is 25.6 Å². The molecule has 2 heterocycles. The number of hydrogen-bond donors (Lipinski definition) is 2. The summed E-state index contributed by atoms with van der Waals surface area (Å²) in [6.45, 7) is 0.520. The molecule has 1 N–H and O–H groups in total. The van der Waals surface area contributed by atoms with Crippen LogP contribution in [-0.2, 0) is 32.2 Å². The first-order valence-electron chi connectivity index (χ1n) is 17.3. The number of methoxy groups -OCH3 is 4. The fourth-order valence-corrected chi connectivity index (χ4v) is 8.13. The second kappa shape index (κ2) is 25.6. The molecule has 6 rings (SSSR count). The minimum atomic E-state index is -4.18. The van der Waals surface area contributed by atoms with Crippen molar-refractivity contribution < 1.29 is 66.2 Å². The molecular formula is C37H36ClF2LiN8O8S5. The van der Waals surface area contributed by atoms with Gasteiger partial charge in [-0.25, -0.2) is 29.9 Å². The van der Waals surface area contributed by atoms with Gasteiger partial charge in [-0.1, -0.05) is 22.7 Å². The topological polar surface area (TPSA) is 220 Å². The van der Waals surface area contributed by atoms with E-state index in [1.54, 1.807) is 44.0 Å². The van der Waals surface area contributed by atoms with Gasteiger partial charge in [0.1, 0.15) is 57.8 Å². The maximum absolute atomic E-state index is 13.7. The van der Waals surface area contributed by atoms with Gasteiger partial charge in [0.05, 0.1) is 55.9 Å². The SMILES string of the molecule is COc1ccc(CN(c2nncs2)S(=O)(=O)c2ccc(F)c(C#N)c2)c(OC)c1.COc1ccc(CNc2nncs2)c(OC)c1.N#Cc1cc(S(=O)(=O)Cl)ccc1F.[2H]CS.[H-].[Li+]. The van der Waals surface area contributed by atoms with Gasteiger partial charge in [-0.05, 0) is 66.9 Å². The molecule has 0 spiro atoms. The number of nitrogens with zero attached hydrogens (tertiary/aromatic N) is 7. The van der Waals surface area contributed by atoms with Crippen molar-refractivity contribution >= 4 is 75.3 Å². The number of ether oxygens (including phenoxy) is 4. The fraction of sp³-hybridized carbons (Fsp3) is 0.189. The van der Waals surface area contributed by atoms with E-state index < -0.39 is 30.7 Å². The zero-order valence-electron chi connectivity index (χ0n) is 35.3. The second-order valence-corrected chi connectivity index (χ2v) is 17.2. The summed E-state index contributed by atoms with van der Waals surface area (Å²) in [5.74, 6) is 0.971. The Labute approximate surface area is 390 Å². The monoisotopic (exact) mass is 961 g/mol. The van der Waals surface area contributed by atoms with Gasteiger partial charge in [-0.2, -0.15) is 23.2 Å². The van der Waals surface area contributed by atoms with Crippen LogP contribution < -0.4 is 47.4 Å². The fourth-order valence-electron chi connectivity index (χ4n) is 4.71. The third kappa shape index (κ3) is 14.7. The van der Waals surface area contributed by atoms with Crippen LogP contribution in [0.2, 0.25) is 0 Å². The minimum Gasteiger partial charge on any atom is -1.00 e. The molecule has 62 heavy (non-hydrogen) atoms. The largest absolute Gasteiger partial charge is 1.00 e. The van der Waals surface area contributed by atoms with E-state index in [-0.39, 0.29) is 59.1 Å². The standard InChI is InChI=1S/C18H15FN4O4S2.C11H13N3O2S.C7H3ClFNO2S.CH4S.Li.H/c1-26-14-4-3-12(17(8-14)27-2)10-23(18-22-21-11-28-18)29(24,25)15-5-6-16(19)13(7-15)9-20;1-15-9-4-3-8(10(5-9)16-2)6-12-11-14-13-7-17-11;8-13(11,12)6-1-2-7(9)5(3-6)4-10;1-2;;/h3-8,11H,10H2,1-2H3;3-5,7H,6H2,1-2H3,(H,12,14);1-3H;2H,1H3;;/q;;;;+1;-1/i;;;1D;;. The summed E-state index contributed by atoms with van der Waals surface area (Å²) in [5.41, 5.74) is 3.97. The molecule has 324 valence electrons. The Morgan fingerprint density at radius 3 is 1.76 bits per heavy atom. The van der Waals surface area contributed by atoms with Crippen LogP contribution >= 0.6 is 46.0 Å². The third-order valence-electron chi connectivity index (χ3n) is 7.64. The molecule has 0 saturated carbocycles. The van der Waals surface area contributed by atoms with Crippen LogP contribution in [0.4, 0.5) is 19.0 Å². The summed E-state index contributed by atoms with van der Waals surface area (Å²) in [6, 6.07) is 19.7. The number of anilines is 2. The Balaban J connectivity index is 0.000000498. The summed E-state index contributed by atoms with van der Waals surface area (Å²) < 4.78 is 103. The van der Waals surface area contributed by atoms with Crippen molar-refractivity contribution in [3.8, 4) is 35.1 Å². The number of halogens is 3. The molecule has 0 fully saturated rings. The van der Waals surface area contributed by atoms with Gasteiger partial charge >= 0.3 is 18.9 Å². The van der Waals surface area contributed by atoms with Gasteiger partial charge in [0.2, 0.25) is 10.3 Å². The molecule has 0 amide bonds. The smallest absolute Gasteiger partial charge is 1.00 e. The van der Waals surface area contributed by atoms with E-state index in [2.05, 4.69) is 38.3 Å². The molecular weight excluding hydrogens is 925 g/mol. The van der Waals surface area contributed by atoms with Crippen LogP contribution in [-0.4, -0.2) is 71.9 Å². The van der Waals surface area contributed by atoms with Gasteiger partial charge in [0.15, 0.2) is 0 Å². The average Bonchev–Trinajstić information content (AvgIpc) is 4.01. The molecule has 25 heteroatoms. The number of nitriles is 2. The van der Waals surface area contributed by atoms with E-state index >= 15 is 0 Å². The molecule has 0 unspecified atom stereocenters. The Morgan fingerprint density at radius 1 is 0.790 bits per heavy atom. The number of rotatable bonds is 13. The molecule has 0 radical (unpaired) electrons. The van der Waals surface area contributed by atoms with Crippen LogP contribution in [0.1, 0.15) is 25.1 Å². The molecule has 4 aromatic carbocycles. The summed E-state index contributed by atoms with van der Waals surface area (Å²) in [5, 5.41) is 36.8. The Kier molecular flexibility index (Phi) is 21.2. The van der Waals surface area contributed by atoms with Crippen molar-refractivity contribution in [3.05, 3.63) is 118 Å². The van der Waals surface area contributed by atoms with Crippen LogP contribution in [0, 0.1) is 34.3 Å². The first-order chi connectivity index (χ1) is 29.6. The first kappa shape index (κ1) is 51.1. The number of sulfonamides is 1. The quantitative estimate of drug-likeness (QED) is 0.0930. The number of hydrogen-bond acceptors (Lipinski definition) is 18. The molecule has 0 bridgehead atoms. The zero-order chi connectivity index (χ0) is 45.9. The average molecular weight is 962 g/mol. The van der Waals surface area contributed by atoms with E-state index in [0.29, 0.717) is 23.6 Å². The van der Waals surface area contributed by atoms with E-state index in [0.717, 1.165) is 74.2 Å². The van der Waals surface area contributed by atoms with Crippen LogP contribution in [0.15, 0.2) is 93.6 Å². The second-order valence-electron chi connectivity index (χ2n) is 11.1. The normalized spacial score (nSPS) is 10.5. The van der Waals surface area contributed by atoms with E-state index in [1.807, 2.05) is 18.2 Å². The van der Waals surface area contributed by atoms with Crippen molar-refractivity contribution in [2.75, 3.05) is 44.3 Å². The number of aromatic nitrogens is 4. The Morgan fingerprint density at radius 2 is 1.29 bits per heavy atom. The zero-order valence-corrected chi connectivity index (χ0v) is 38.2. The van der Waals surface area contributed by atoms with Gasteiger partial charge in [-0.15, -0.1) is 20.4 Å². The van der Waals surface area contributed by atoms with Crippen molar-refractivity contribution in [1.29, 1.82) is 10.5 Å². The maximum Gasteiger partial charge on any atom is 1.00 e. The summed E-state index contributed by atoms with van der Waals surface area (Å²) in [4.78, 5) is -0.523. The summed E-state index contributed by atoms with van der Waals surface area (Å²) >= 11 is 5.95. The van der Waals surface area contributed by atoms with E-state index in [4.69, 9.17) is 41.5 Å². The summed E-state index contributed by atoms with van der Waals surface area (Å²) in [7, 11) is 3.15. The van der Waals surface area contributed by atoms with Gasteiger partial charge in [-0.3, -0.25) is 0 Å². The van der Waals surface area contributed by atoms with Crippen molar-refractivity contribution in [2.24, 2.45) is 0 Å². The van der Waals surface area contributed by atoms with E-state index in [1.165, 1.54) is 37.1 Å². The van der Waals surface area contributed by atoms with Crippen LogP contribution in [0.3, 0.4) is 0 Å². The van der Waals surface area contributed by atoms with Gasteiger partial charge in [0, 0.05) is 41.9 Å². The van der Waals surface area contributed by atoms with Crippen LogP contribution in [0.5, 0.6) is 23.0 Å². The molecule has 0 aliphatic carbocycles. The van der Waals surface area contributed by atoms with Gasteiger partial charge < -0.3 is 25.7 Å². The van der Waals surface area contributed by atoms with Gasteiger partial charge in [0.25, 0.3) is 19.1 Å². The van der Waals surface area contributed by atoms with Crippen molar-refractivity contribution in [1.82, 2.24) is 20.4 Å². The molecule has 2 aromatic heterocycles. The maximum atomic E-state index is 13.7. The number of thiol groups is 1. The Hall–Kier alpha value is -5.22. The summed E-state index contributed by atoms with van der Waals surface area (Å²) in [6.07, 6.45) is 0.194.